The summed E-state index contributed by atoms with van der Waals surface area (Å²) < 4.78 is 2.05. The number of aromatic nitrogens is 2. The lowest BCUT2D eigenvalue weighted by Crippen LogP contribution is -2.50. The maximum absolute atomic E-state index is 12.1. The summed E-state index contributed by atoms with van der Waals surface area (Å²) in [6, 6.07) is 2.34. The number of amides is 1. The van der Waals surface area contributed by atoms with Crippen LogP contribution < -0.4 is 5.32 Å². The minimum absolute atomic E-state index is 0.167. The van der Waals surface area contributed by atoms with Gasteiger partial charge in [-0.3, -0.25) is 9.69 Å². The Balaban J connectivity index is 1.17. The topological polar surface area (TPSA) is 50.2 Å². The molecule has 2 atom stereocenters. The van der Waals surface area contributed by atoms with Gasteiger partial charge in [0.15, 0.2) is 0 Å². The summed E-state index contributed by atoms with van der Waals surface area (Å²) in [4.78, 5) is 14.7. The molecule has 1 aromatic rings. The predicted molar refractivity (Wildman–Crippen MR) is 106 cm³/mol. The molecule has 0 unspecified atom stereocenters. The number of carbonyl (C=O) groups is 1. The number of carbonyl (C=O) groups excluding carboxylic acids is 1. The molecule has 1 aromatic heterocycles. The lowest BCUT2D eigenvalue weighted by Gasteiger charge is -2.57. The van der Waals surface area contributed by atoms with Gasteiger partial charge < -0.3 is 5.32 Å². The van der Waals surface area contributed by atoms with Crippen LogP contribution in [0.3, 0.4) is 0 Å². The van der Waals surface area contributed by atoms with Crippen LogP contribution in [0, 0.1) is 23.2 Å². The summed E-state index contributed by atoms with van der Waals surface area (Å²) in [6.45, 7) is 8.31. The van der Waals surface area contributed by atoms with Gasteiger partial charge in [-0.2, -0.15) is 5.10 Å². The average Bonchev–Trinajstić information content (AvgIpc) is 3.42. The van der Waals surface area contributed by atoms with Crippen LogP contribution in [0.5, 0.6) is 0 Å². The molecule has 0 spiro atoms. The molecule has 5 aliphatic rings. The zero-order chi connectivity index (χ0) is 18.6. The highest BCUT2D eigenvalue weighted by molar-refractivity contribution is 5.93. The van der Waals surface area contributed by atoms with Gasteiger partial charge in [0.1, 0.15) is 5.82 Å². The summed E-state index contributed by atoms with van der Waals surface area (Å²) in [5.41, 5.74) is 2.21. The number of allylic oxidation sites excluding steroid dienone is 1. The Labute approximate surface area is 162 Å². The molecule has 5 nitrogen and oxygen atoms in total. The van der Waals surface area contributed by atoms with E-state index in [1.165, 1.54) is 12.8 Å². The maximum atomic E-state index is 12.1. The minimum atomic E-state index is 0.167. The Morgan fingerprint density at radius 3 is 2.70 bits per heavy atom. The normalized spacial score (nSPS) is 30.5. The Morgan fingerprint density at radius 2 is 2.04 bits per heavy atom. The van der Waals surface area contributed by atoms with Gasteiger partial charge in [0.25, 0.3) is 0 Å². The van der Waals surface area contributed by atoms with Gasteiger partial charge in [0.2, 0.25) is 5.91 Å². The van der Waals surface area contributed by atoms with Crippen LogP contribution in [0.15, 0.2) is 23.9 Å². The maximum Gasteiger partial charge on any atom is 0.228 e. The van der Waals surface area contributed by atoms with E-state index in [1.54, 1.807) is 5.57 Å². The molecule has 3 fully saturated rings. The summed E-state index contributed by atoms with van der Waals surface area (Å²) in [5, 5.41) is 7.61. The van der Waals surface area contributed by atoms with Crippen molar-refractivity contribution in [2.75, 3.05) is 25.0 Å². The molecular weight excluding hydrogens is 336 g/mol. The number of hydrogen-bond donors (Lipinski definition) is 1. The highest BCUT2D eigenvalue weighted by Gasteiger charge is 2.51. The van der Waals surface area contributed by atoms with Crippen LogP contribution in [-0.4, -0.2) is 40.2 Å². The Bertz CT molecular complexity index is 752. The van der Waals surface area contributed by atoms with E-state index in [2.05, 4.69) is 39.9 Å². The number of hydrogen-bond acceptors (Lipinski definition) is 3. The quantitative estimate of drug-likeness (QED) is 0.803. The van der Waals surface area contributed by atoms with Crippen LogP contribution >= 0.6 is 0 Å². The van der Waals surface area contributed by atoms with E-state index in [0.717, 1.165) is 63.0 Å². The SMILES string of the molecule is CC1(C)[C@H]2CC=C(CN3CCC(n4nccc4NC(=O)C4CC4)CC3)[C@@H]1C2. The van der Waals surface area contributed by atoms with Gasteiger partial charge in [0.05, 0.1) is 12.2 Å². The third kappa shape index (κ3) is 3.14. The highest BCUT2D eigenvalue weighted by Crippen LogP contribution is 2.59. The van der Waals surface area contributed by atoms with Crippen molar-refractivity contribution in [3.05, 3.63) is 23.9 Å². The number of nitrogens with zero attached hydrogens (tertiary/aromatic N) is 3. The molecule has 5 heteroatoms. The van der Waals surface area contributed by atoms with Crippen molar-refractivity contribution in [1.82, 2.24) is 14.7 Å². The van der Waals surface area contributed by atoms with Crippen molar-refractivity contribution in [3.8, 4) is 0 Å². The fourth-order valence-corrected chi connectivity index (χ4v) is 5.51. The van der Waals surface area contributed by atoms with Crippen molar-refractivity contribution in [1.29, 1.82) is 0 Å². The first-order valence-corrected chi connectivity index (χ1v) is 10.8. The van der Waals surface area contributed by atoms with Crippen molar-refractivity contribution in [3.63, 3.8) is 0 Å². The van der Waals surface area contributed by atoms with Gasteiger partial charge in [-0.15, -0.1) is 0 Å². The molecule has 4 aliphatic carbocycles. The van der Waals surface area contributed by atoms with E-state index in [1.807, 2.05) is 12.3 Å². The van der Waals surface area contributed by atoms with E-state index in [4.69, 9.17) is 0 Å². The van der Waals surface area contributed by atoms with Crippen molar-refractivity contribution >= 4 is 11.7 Å². The molecule has 2 heterocycles. The first-order valence-electron chi connectivity index (χ1n) is 10.8. The van der Waals surface area contributed by atoms with Gasteiger partial charge in [0, 0.05) is 31.6 Å². The first kappa shape index (κ1) is 17.5. The van der Waals surface area contributed by atoms with E-state index in [-0.39, 0.29) is 11.8 Å². The Kier molecular flexibility index (Phi) is 4.19. The molecule has 1 N–H and O–H groups in total. The molecule has 27 heavy (non-hydrogen) atoms. The number of nitrogens with one attached hydrogen (secondary N) is 1. The average molecular weight is 369 g/mol. The van der Waals surface area contributed by atoms with Crippen LogP contribution in [0.2, 0.25) is 0 Å². The number of likely N-dealkylation sites (tertiary alicyclic amines) is 1. The van der Waals surface area contributed by atoms with Gasteiger partial charge in [-0.25, -0.2) is 4.68 Å². The number of anilines is 1. The number of piperidine rings is 1. The third-order valence-electron chi connectivity index (χ3n) is 7.76. The lowest BCUT2D eigenvalue weighted by molar-refractivity contribution is -0.117. The van der Waals surface area contributed by atoms with E-state index < -0.39 is 0 Å². The van der Waals surface area contributed by atoms with Crippen LogP contribution in [0.4, 0.5) is 5.82 Å². The molecule has 1 saturated heterocycles. The molecule has 1 amide bonds. The largest absolute Gasteiger partial charge is 0.311 e. The standard InChI is InChI=1S/C22H32N4O/c1-22(2)17-6-5-16(19(22)13-17)14-25-11-8-18(9-12-25)26-20(7-10-23-26)24-21(27)15-3-4-15/h5,7,10,15,17-19H,3-4,6,8-9,11-14H2,1-2H3,(H,24,27)/t17-,19-/m0/s1. The fourth-order valence-electron chi connectivity index (χ4n) is 5.51. The van der Waals surface area contributed by atoms with Crippen LogP contribution in [-0.2, 0) is 4.79 Å². The van der Waals surface area contributed by atoms with Crippen molar-refractivity contribution < 1.29 is 4.79 Å². The van der Waals surface area contributed by atoms with E-state index in [0.29, 0.717) is 11.5 Å². The van der Waals surface area contributed by atoms with E-state index >= 15 is 0 Å². The second-order valence-electron chi connectivity index (χ2n) is 9.75. The third-order valence-corrected chi connectivity index (χ3v) is 7.76. The summed E-state index contributed by atoms with van der Waals surface area (Å²) in [6.07, 6.45) is 11.3. The molecule has 0 aromatic carbocycles. The summed E-state index contributed by atoms with van der Waals surface area (Å²) in [7, 11) is 0. The van der Waals surface area contributed by atoms with Crippen molar-refractivity contribution in [2.24, 2.45) is 23.2 Å². The molecule has 1 aliphatic heterocycles. The summed E-state index contributed by atoms with van der Waals surface area (Å²) >= 11 is 0. The molecular formula is C22H32N4O. The predicted octanol–water partition coefficient (Wildman–Crippen LogP) is 3.86. The van der Waals surface area contributed by atoms with Crippen molar-refractivity contribution in [2.45, 2.75) is 58.4 Å². The smallest absolute Gasteiger partial charge is 0.228 e. The first-order chi connectivity index (χ1) is 13.0. The molecule has 2 saturated carbocycles. The lowest BCUT2D eigenvalue weighted by atomic mass is 9.49. The second kappa shape index (κ2) is 6.47. The highest BCUT2D eigenvalue weighted by atomic mass is 16.2. The van der Waals surface area contributed by atoms with E-state index in [9.17, 15) is 4.79 Å². The van der Waals surface area contributed by atoms with Crippen LogP contribution in [0.25, 0.3) is 0 Å². The number of fused-ring (bicyclic) bond motifs is 1. The van der Waals surface area contributed by atoms with Crippen LogP contribution in [0.1, 0.15) is 58.4 Å². The number of rotatable bonds is 5. The monoisotopic (exact) mass is 368 g/mol. The van der Waals surface area contributed by atoms with Gasteiger partial charge in [-0.05, 0) is 55.8 Å². The van der Waals surface area contributed by atoms with Gasteiger partial charge >= 0.3 is 0 Å². The zero-order valence-electron chi connectivity index (χ0n) is 16.7. The molecule has 146 valence electrons. The Hall–Kier alpha value is -1.62. The Morgan fingerprint density at radius 1 is 1.26 bits per heavy atom. The minimum Gasteiger partial charge on any atom is -0.311 e. The second-order valence-corrected chi connectivity index (χ2v) is 9.75. The molecule has 0 radical (unpaired) electrons. The zero-order valence-corrected chi connectivity index (χ0v) is 16.7. The molecule has 6 rings (SSSR count). The summed E-state index contributed by atoms with van der Waals surface area (Å²) in [5.74, 6) is 3.00. The fraction of sp³-hybridized carbons (Fsp3) is 0.727. The molecule has 2 bridgehead atoms. The van der Waals surface area contributed by atoms with Gasteiger partial charge in [-0.1, -0.05) is 25.5 Å².